The summed E-state index contributed by atoms with van der Waals surface area (Å²) in [7, 11) is -4.73. The van der Waals surface area contributed by atoms with Crippen LogP contribution in [0.15, 0.2) is 36.7 Å². The molecule has 1 fully saturated rings. The standard InChI is InChI=1S/C42H60F3N6O7P/c1-2-3-4-5-6-7-8-9-10-11-12-13-14-15-16-17-24-54-28-36(55-27-34-19-18-33(26-46)25-37(34)42(43,44)45)30-57-59(52,53)56-29-35-22-23-41(31-47,58-35)39-21-20-38-40(48)49-32-50-51(38)39/h18-21,25,32,35-36H,2-17,22-24,27-30H2,1H3,(H,52,53)(H2,48,49,50)/t35-,36+,41-/m0/s1. The van der Waals surface area contributed by atoms with Crippen molar-refractivity contribution in [1.82, 2.24) is 14.6 Å². The predicted molar refractivity (Wildman–Crippen MR) is 216 cm³/mol. The van der Waals surface area contributed by atoms with Gasteiger partial charge in [-0.1, -0.05) is 109 Å². The van der Waals surface area contributed by atoms with E-state index in [4.69, 9.17) is 34.3 Å². The first-order valence-corrected chi connectivity index (χ1v) is 22.5. The van der Waals surface area contributed by atoms with E-state index in [2.05, 4.69) is 23.1 Å². The average Bonchev–Trinajstić information content (AvgIpc) is 3.86. The topological polar surface area (TPSA) is 187 Å². The quantitative estimate of drug-likeness (QED) is 0.0498. The van der Waals surface area contributed by atoms with Gasteiger partial charge in [0, 0.05) is 6.61 Å². The molecule has 1 aromatic carbocycles. The Morgan fingerprint density at radius 2 is 1.61 bits per heavy atom. The number of nitrogens with zero attached hydrogens (tertiary/aromatic N) is 5. The van der Waals surface area contributed by atoms with Gasteiger partial charge in [0.05, 0.1) is 55.4 Å². The first-order valence-electron chi connectivity index (χ1n) is 21.0. The molecule has 3 heterocycles. The van der Waals surface area contributed by atoms with Gasteiger partial charge in [0.2, 0.25) is 0 Å². The Hall–Kier alpha value is -3.60. The highest BCUT2D eigenvalue weighted by Crippen LogP contribution is 2.46. The minimum atomic E-state index is -4.74. The normalized spacial score (nSPS) is 18.5. The molecular weight excluding hydrogens is 788 g/mol. The number of hydrogen-bond donors (Lipinski definition) is 2. The van der Waals surface area contributed by atoms with E-state index in [1.807, 2.05) is 0 Å². The number of fused-ring (bicyclic) bond motifs is 1. The van der Waals surface area contributed by atoms with Crippen LogP contribution in [0.2, 0.25) is 0 Å². The molecule has 326 valence electrons. The second-order valence-electron chi connectivity index (χ2n) is 15.2. The third-order valence-corrected chi connectivity index (χ3v) is 11.5. The highest BCUT2D eigenvalue weighted by Gasteiger charge is 2.45. The number of halogens is 3. The summed E-state index contributed by atoms with van der Waals surface area (Å²) in [5.41, 5.74) is 4.04. The minimum absolute atomic E-state index is 0.119. The van der Waals surface area contributed by atoms with E-state index in [0.29, 0.717) is 24.2 Å². The smallest absolute Gasteiger partial charge is 0.382 e. The molecule has 0 saturated carbocycles. The molecule has 1 saturated heterocycles. The van der Waals surface area contributed by atoms with Crippen LogP contribution in [-0.2, 0) is 46.2 Å². The molecular formula is C42H60F3N6O7P. The number of unbranched alkanes of at least 4 members (excludes halogenated alkanes) is 15. The van der Waals surface area contributed by atoms with Crippen molar-refractivity contribution in [1.29, 1.82) is 10.5 Å². The van der Waals surface area contributed by atoms with Gasteiger partial charge in [-0.05, 0) is 49.1 Å². The van der Waals surface area contributed by atoms with Gasteiger partial charge in [0.1, 0.15) is 24.0 Å². The van der Waals surface area contributed by atoms with Crippen LogP contribution < -0.4 is 5.73 Å². The number of nitrogen functional groups attached to an aromatic ring is 1. The molecule has 0 bridgehead atoms. The second kappa shape index (κ2) is 24.6. The first kappa shape index (κ1) is 48.1. The van der Waals surface area contributed by atoms with Crippen LogP contribution in [0.1, 0.15) is 145 Å². The molecule has 3 N–H and O–H groups in total. The van der Waals surface area contributed by atoms with Crippen molar-refractivity contribution in [3.63, 3.8) is 0 Å². The predicted octanol–water partition coefficient (Wildman–Crippen LogP) is 10.1. The molecule has 1 aliphatic heterocycles. The summed E-state index contributed by atoms with van der Waals surface area (Å²) in [4.78, 5) is 14.5. The number of aromatic nitrogens is 3. The molecule has 4 atom stereocenters. The molecule has 0 aliphatic carbocycles. The van der Waals surface area contributed by atoms with Crippen LogP contribution >= 0.6 is 7.82 Å². The Balaban J connectivity index is 1.21. The fourth-order valence-corrected chi connectivity index (χ4v) is 8.00. The lowest BCUT2D eigenvalue weighted by molar-refractivity contribution is -0.139. The number of nitrogens with two attached hydrogens (primary N) is 1. The lowest BCUT2D eigenvalue weighted by Crippen LogP contribution is -2.28. The number of anilines is 1. The molecule has 3 aromatic rings. The Bertz CT molecular complexity index is 1850. The number of phosphoric acid groups is 1. The molecule has 0 amide bonds. The molecule has 0 radical (unpaired) electrons. The van der Waals surface area contributed by atoms with Crippen molar-refractivity contribution >= 4 is 19.2 Å². The number of nitriles is 2. The van der Waals surface area contributed by atoms with Gasteiger partial charge >= 0.3 is 14.0 Å². The maximum absolute atomic E-state index is 13.8. The highest BCUT2D eigenvalue weighted by molar-refractivity contribution is 7.47. The number of phosphoric ester groups is 1. The van der Waals surface area contributed by atoms with E-state index in [0.717, 1.165) is 37.8 Å². The third-order valence-electron chi connectivity index (χ3n) is 10.6. The molecule has 0 spiro atoms. The zero-order chi connectivity index (χ0) is 42.6. The molecule has 2 aromatic heterocycles. The zero-order valence-corrected chi connectivity index (χ0v) is 35.1. The van der Waals surface area contributed by atoms with Gasteiger partial charge < -0.3 is 24.8 Å². The van der Waals surface area contributed by atoms with Crippen molar-refractivity contribution in [3.05, 3.63) is 59.0 Å². The zero-order valence-electron chi connectivity index (χ0n) is 34.2. The summed E-state index contributed by atoms with van der Waals surface area (Å²) in [6.45, 7) is 1.04. The van der Waals surface area contributed by atoms with E-state index in [1.54, 1.807) is 18.2 Å². The van der Waals surface area contributed by atoms with E-state index >= 15 is 0 Å². The van der Waals surface area contributed by atoms with Gasteiger partial charge in [-0.25, -0.2) is 14.1 Å². The van der Waals surface area contributed by atoms with E-state index < -0.39 is 50.6 Å². The van der Waals surface area contributed by atoms with Gasteiger partial charge in [0.15, 0.2) is 11.4 Å². The van der Waals surface area contributed by atoms with Gasteiger partial charge in [-0.2, -0.15) is 28.8 Å². The minimum Gasteiger partial charge on any atom is -0.382 e. The lowest BCUT2D eigenvalue weighted by atomic mass is 9.98. The summed E-state index contributed by atoms with van der Waals surface area (Å²) in [5.74, 6) is 0.223. The SMILES string of the molecule is CCCCCCCCCCCCCCCCCCOC[C@H](COP(=O)(O)OC[C@@H]1CC[C@](C#N)(c2ccc3c(N)ncnn23)O1)OCc1ccc(C#N)cc1C(F)(F)F. The van der Waals surface area contributed by atoms with Gasteiger partial charge in [-0.15, -0.1) is 0 Å². The number of hydrogen-bond acceptors (Lipinski definition) is 11. The van der Waals surface area contributed by atoms with Crippen molar-refractivity contribution in [3.8, 4) is 12.1 Å². The summed E-state index contributed by atoms with van der Waals surface area (Å²) >= 11 is 0. The van der Waals surface area contributed by atoms with Crippen LogP contribution in [0.5, 0.6) is 0 Å². The van der Waals surface area contributed by atoms with Gasteiger partial charge in [-0.3, -0.25) is 9.05 Å². The van der Waals surface area contributed by atoms with Crippen LogP contribution in [-0.4, -0.2) is 58.1 Å². The Labute approximate surface area is 345 Å². The molecule has 13 nitrogen and oxygen atoms in total. The number of ether oxygens (including phenoxy) is 3. The monoisotopic (exact) mass is 848 g/mol. The first-order chi connectivity index (χ1) is 28.4. The molecule has 1 unspecified atom stereocenters. The second-order valence-corrected chi connectivity index (χ2v) is 16.7. The van der Waals surface area contributed by atoms with Crippen molar-refractivity contribution < 1.29 is 45.9 Å². The molecule has 17 heteroatoms. The summed E-state index contributed by atoms with van der Waals surface area (Å²) in [5, 5.41) is 23.4. The van der Waals surface area contributed by atoms with Crippen molar-refractivity contribution in [2.75, 3.05) is 32.2 Å². The maximum atomic E-state index is 13.8. The number of alkyl halides is 3. The molecule has 1 aliphatic rings. The van der Waals surface area contributed by atoms with Crippen LogP contribution in [0.3, 0.4) is 0 Å². The Kier molecular flexibility index (Phi) is 20.0. The fraction of sp³-hybridized carbons (Fsp3) is 0.667. The lowest BCUT2D eigenvalue weighted by Gasteiger charge is -2.23. The van der Waals surface area contributed by atoms with E-state index in [-0.39, 0.29) is 36.6 Å². The third kappa shape index (κ3) is 15.7. The highest BCUT2D eigenvalue weighted by atomic mass is 31.2. The molecule has 59 heavy (non-hydrogen) atoms. The summed E-state index contributed by atoms with van der Waals surface area (Å²) < 4.78 is 84.1. The Morgan fingerprint density at radius 1 is 0.966 bits per heavy atom. The van der Waals surface area contributed by atoms with Crippen LogP contribution in [0, 0.1) is 22.7 Å². The molecule has 4 rings (SSSR count). The number of benzene rings is 1. The maximum Gasteiger partial charge on any atom is 0.472 e. The van der Waals surface area contributed by atoms with E-state index in [1.165, 1.54) is 94.0 Å². The van der Waals surface area contributed by atoms with Crippen molar-refractivity contribution in [2.45, 2.75) is 153 Å². The van der Waals surface area contributed by atoms with Crippen LogP contribution in [0.4, 0.5) is 19.0 Å². The number of rotatable bonds is 29. The fourth-order valence-electron chi connectivity index (χ4n) is 7.22. The summed E-state index contributed by atoms with van der Waals surface area (Å²) in [6, 6.07) is 10.4. The average molecular weight is 849 g/mol. The van der Waals surface area contributed by atoms with Gasteiger partial charge in [0.25, 0.3) is 0 Å². The Morgan fingerprint density at radius 3 is 2.22 bits per heavy atom. The van der Waals surface area contributed by atoms with Crippen LogP contribution in [0.25, 0.3) is 5.52 Å². The van der Waals surface area contributed by atoms with Crippen molar-refractivity contribution in [2.24, 2.45) is 0 Å². The largest absolute Gasteiger partial charge is 0.472 e. The summed E-state index contributed by atoms with van der Waals surface area (Å²) in [6.07, 6.45) is 15.0. The van der Waals surface area contributed by atoms with E-state index in [9.17, 15) is 27.9 Å².